The molecule has 2 aliphatic rings. The minimum atomic E-state index is -0.689. The second kappa shape index (κ2) is 7.13. The molecule has 0 aliphatic carbocycles. The van der Waals surface area contributed by atoms with Crippen LogP contribution in [0.1, 0.15) is 40.5 Å². The van der Waals surface area contributed by atoms with Gasteiger partial charge in [0.1, 0.15) is 6.23 Å². The van der Waals surface area contributed by atoms with Crippen LogP contribution in [0.5, 0.6) is 0 Å². The first-order valence-electron chi connectivity index (χ1n) is 8.69. The molecule has 2 rings (SSSR count). The van der Waals surface area contributed by atoms with E-state index in [1.54, 1.807) is 0 Å². The molecule has 0 bridgehead atoms. The number of hydrogen-bond donors (Lipinski definition) is 5. The molecule has 8 nitrogen and oxygen atoms in total. The summed E-state index contributed by atoms with van der Waals surface area (Å²) < 4.78 is 17.8. The van der Waals surface area contributed by atoms with Crippen LogP contribution < -0.4 is 28.7 Å². The molecule has 2 fully saturated rings. The van der Waals surface area contributed by atoms with Crippen LogP contribution in [0, 0.1) is 5.92 Å². The van der Waals surface area contributed by atoms with Crippen molar-refractivity contribution in [1.82, 2.24) is 0 Å². The fourth-order valence-corrected chi connectivity index (χ4v) is 3.38. The van der Waals surface area contributed by atoms with Gasteiger partial charge in [-0.05, 0) is 40.5 Å². The van der Waals surface area contributed by atoms with Crippen molar-refractivity contribution in [3.63, 3.8) is 0 Å². The molecule has 142 valence electrons. The molecule has 0 spiro atoms. The molecule has 2 heterocycles. The lowest BCUT2D eigenvalue weighted by atomic mass is 9.81. The van der Waals surface area contributed by atoms with E-state index in [-0.39, 0.29) is 17.6 Å². The van der Waals surface area contributed by atoms with Crippen molar-refractivity contribution in [1.29, 1.82) is 0 Å². The standard InChI is InChI=1S/C16H35N5O3/c1-15(2,21)9-6-5-8(7-22-9)16(3,4)24-14-12(19)10(17)11(18)13(20)23-14/h8-14H,5-7,17-21H2,1-4H3. The number of hydrogen-bond acceptors (Lipinski definition) is 8. The zero-order valence-corrected chi connectivity index (χ0v) is 15.3. The third-order valence-corrected chi connectivity index (χ3v) is 5.38. The van der Waals surface area contributed by atoms with Gasteiger partial charge in [-0.3, -0.25) is 0 Å². The Morgan fingerprint density at radius 1 is 0.917 bits per heavy atom. The summed E-state index contributed by atoms with van der Waals surface area (Å²) in [5, 5.41) is 0. The van der Waals surface area contributed by atoms with E-state index in [1.807, 2.05) is 27.7 Å². The fraction of sp³-hybridized carbons (Fsp3) is 1.00. The van der Waals surface area contributed by atoms with Gasteiger partial charge in [-0.1, -0.05) is 0 Å². The van der Waals surface area contributed by atoms with E-state index in [2.05, 4.69) is 0 Å². The van der Waals surface area contributed by atoms with Gasteiger partial charge in [0.05, 0.1) is 30.4 Å². The molecule has 0 amide bonds. The Kier molecular flexibility index (Phi) is 5.94. The van der Waals surface area contributed by atoms with E-state index < -0.39 is 36.2 Å². The summed E-state index contributed by atoms with van der Waals surface area (Å²) in [7, 11) is 0. The molecule has 0 aromatic rings. The van der Waals surface area contributed by atoms with Crippen LogP contribution in [0.2, 0.25) is 0 Å². The summed E-state index contributed by atoms with van der Waals surface area (Å²) in [6.07, 6.45) is 0.525. The predicted octanol–water partition coefficient (Wildman–Crippen LogP) is -1.06. The molecule has 0 radical (unpaired) electrons. The van der Waals surface area contributed by atoms with E-state index in [0.717, 1.165) is 12.8 Å². The average molecular weight is 345 g/mol. The second-order valence-corrected chi connectivity index (χ2v) is 8.34. The lowest BCUT2D eigenvalue weighted by molar-refractivity contribution is -0.268. The summed E-state index contributed by atoms with van der Waals surface area (Å²) in [5.74, 6) is 0.204. The first-order valence-corrected chi connectivity index (χ1v) is 8.69. The molecule has 7 unspecified atom stereocenters. The Hall–Kier alpha value is -0.320. The molecule has 24 heavy (non-hydrogen) atoms. The van der Waals surface area contributed by atoms with Crippen LogP contribution in [-0.2, 0) is 14.2 Å². The van der Waals surface area contributed by atoms with Crippen molar-refractivity contribution in [3.8, 4) is 0 Å². The lowest BCUT2D eigenvalue weighted by Gasteiger charge is -2.47. The second-order valence-electron chi connectivity index (χ2n) is 8.34. The predicted molar refractivity (Wildman–Crippen MR) is 92.7 cm³/mol. The molecule has 2 saturated heterocycles. The number of nitrogens with two attached hydrogens (primary N) is 5. The smallest absolute Gasteiger partial charge is 0.176 e. The Labute approximate surface area is 144 Å². The van der Waals surface area contributed by atoms with Crippen LogP contribution in [0.15, 0.2) is 0 Å². The molecule has 8 heteroatoms. The minimum Gasteiger partial charge on any atom is -0.376 e. The van der Waals surface area contributed by atoms with Gasteiger partial charge < -0.3 is 42.9 Å². The molecule has 7 atom stereocenters. The largest absolute Gasteiger partial charge is 0.376 e. The van der Waals surface area contributed by atoms with Crippen LogP contribution in [0.25, 0.3) is 0 Å². The Morgan fingerprint density at radius 3 is 2.04 bits per heavy atom. The summed E-state index contributed by atoms with van der Waals surface area (Å²) in [5.41, 5.74) is 29.3. The number of ether oxygens (including phenoxy) is 3. The highest BCUT2D eigenvalue weighted by Crippen LogP contribution is 2.35. The Balaban J connectivity index is 1.96. The maximum Gasteiger partial charge on any atom is 0.176 e. The monoisotopic (exact) mass is 345 g/mol. The molecule has 0 aromatic heterocycles. The van der Waals surface area contributed by atoms with Crippen LogP contribution in [0.4, 0.5) is 0 Å². The van der Waals surface area contributed by atoms with Gasteiger partial charge in [0.2, 0.25) is 0 Å². The van der Waals surface area contributed by atoms with Gasteiger partial charge in [0.25, 0.3) is 0 Å². The normalized spacial score (nSPS) is 42.1. The van der Waals surface area contributed by atoms with Crippen molar-refractivity contribution in [2.45, 2.75) is 88.4 Å². The molecule has 2 aliphatic heterocycles. The topological polar surface area (TPSA) is 158 Å². The van der Waals surface area contributed by atoms with Crippen molar-refractivity contribution >= 4 is 0 Å². The fourth-order valence-electron chi connectivity index (χ4n) is 3.38. The molecular formula is C16H35N5O3. The Morgan fingerprint density at radius 2 is 1.54 bits per heavy atom. The quantitative estimate of drug-likeness (QED) is 0.431. The van der Waals surface area contributed by atoms with Crippen molar-refractivity contribution in [2.24, 2.45) is 34.6 Å². The molecule has 0 aromatic carbocycles. The molecule has 0 saturated carbocycles. The summed E-state index contributed by atoms with van der Waals surface area (Å²) in [6, 6.07) is -1.51. The summed E-state index contributed by atoms with van der Waals surface area (Å²) >= 11 is 0. The van der Waals surface area contributed by atoms with E-state index in [1.165, 1.54) is 0 Å². The number of rotatable bonds is 4. The van der Waals surface area contributed by atoms with Crippen LogP contribution in [0.3, 0.4) is 0 Å². The van der Waals surface area contributed by atoms with Crippen molar-refractivity contribution in [2.75, 3.05) is 6.61 Å². The van der Waals surface area contributed by atoms with Crippen LogP contribution in [-0.4, -0.2) is 54.5 Å². The van der Waals surface area contributed by atoms with E-state index in [9.17, 15) is 0 Å². The van der Waals surface area contributed by atoms with Gasteiger partial charge in [-0.2, -0.15) is 0 Å². The third-order valence-electron chi connectivity index (χ3n) is 5.38. The highest BCUT2D eigenvalue weighted by molar-refractivity contribution is 4.97. The maximum atomic E-state index is 6.17. The van der Waals surface area contributed by atoms with Gasteiger partial charge in [0, 0.05) is 17.5 Å². The SMILES string of the molecule is CC(C)(N)C1CCC(C(C)(C)OC2OC(N)C(N)C(N)C2N)CO1. The summed E-state index contributed by atoms with van der Waals surface area (Å²) in [4.78, 5) is 0. The zero-order chi connectivity index (χ0) is 18.3. The molecular weight excluding hydrogens is 310 g/mol. The molecule has 10 N–H and O–H groups in total. The highest BCUT2D eigenvalue weighted by Gasteiger charge is 2.45. The zero-order valence-electron chi connectivity index (χ0n) is 15.3. The lowest BCUT2D eigenvalue weighted by Crippen LogP contribution is -2.70. The van der Waals surface area contributed by atoms with E-state index >= 15 is 0 Å². The van der Waals surface area contributed by atoms with Gasteiger partial charge in [-0.15, -0.1) is 0 Å². The van der Waals surface area contributed by atoms with Gasteiger partial charge in [-0.25, -0.2) is 0 Å². The van der Waals surface area contributed by atoms with E-state index in [0.29, 0.717) is 6.61 Å². The minimum absolute atomic E-state index is 0.0533. The van der Waals surface area contributed by atoms with Crippen molar-refractivity contribution in [3.05, 3.63) is 0 Å². The maximum absolute atomic E-state index is 6.17. The van der Waals surface area contributed by atoms with Crippen LogP contribution >= 0.6 is 0 Å². The van der Waals surface area contributed by atoms with Crippen molar-refractivity contribution < 1.29 is 14.2 Å². The first kappa shape index (κ1) is 20.0. The third kappa shape index (κ3) is 4.25. The average Bonchev–Trinajstić information content (AvgIpc) is 2.49. The Bertz CT molecular complexity index is 420. The highest BCUT2D eigenvalue weighted by atomic mass is 16.7. The van der Waals surface area contributed by atoms with Gasteiger partial charge in [0.15, 0.2) is 6.29 Å². The van der Waals surface area contributed by atoms with Gasteiger partial charge >= 0.3 is 0 Å². The summed E-state index contributed by atoms with van der Waals surface area (Å²) in [6.45, 7) is 8.58. The van der Waals surface area contributed by atoms with E-state index in [4.69, 9.17) is 42.9 Å². The first-order chi connectivity index (χ1) is 10.9.